The van der Waals surface area contributed by atoms with Gasteiger partial charge in [0.05, 0.1) is 18.2 Å². The molecule has 152 valence electrons. The molecule has 0 fully saturated rings. The van der Waals surface area contributed by atoms with E-state index in [0.29, 0.717) is 16.7 Å². The Morgan fingerprint density at radius 3 is 2.53 bits per heavy atom. The molecular formula is C22H20FN5O2. The van der Waals surface area contributed by atoms with Crippen LogP contribution in [-0.2, 0) is 17.8 Å². The fourth-order valence-corrected chi connectivity index (χ4v) is 3.15. The maximum absolute atomic E-state index is 13.1. The molecule has 0 aliphatic carbocycles. The van der Waals surface area contributed by atoms with Crippen LogP contribution in [0.5, 0.6) is 0 Å². The number of aryl methyl sites for hydroxylation is 2. The predicted molar refractivity (Wildman–Crippen MR) is 112 cm³/mol. The van der Waals surface area contributed by atoms with E-state index in [4.69, 9.17) is 0 Å². The zero-order chi connectivity index (χ0) is 21.1. The molecule has 2 aromatic carbocycles. The Kier molecular flexibility index (Phi) is 5.38. The molecule has 1 amide bonds. The van der Waals surface area contributed by atoms with E-state index in [-0.39, 0.29) is 30.2 Å². The predicted octanol–water partition coefficient (Wildman–Crippen LogP) is 3.31. The molecule has 7 nitrogen and oxygen atoms in total. The number of rotatable bonds is 6. The molecule has 0 unspecified atom stereocenters. The van der Waals surface area contributed by atoms with Gasteiger partial charge in [0, 0.05) is 18.7 Å². The number of amides is 1. The number of aromatic nitrogens is 4. The van der Waals surface area contributed by atoms with E-state index in [9.17, 15) is 14.0 Å². The highest BCUT2D eigenvalue weighted by Crippen LogP contribution is 2.14. The molecule has 0 saturated heterocycles. The summed E-state index contributed by atoms with van der Waals surface area (Å²) in [7, 11) is 0. The Labute approximate surface area is 171 Å². The average molecular weight is 405 g/mol. The third-order valence-electron chi connectivity index (χ3n) is 4.85. The van der Waals surface area contributed by atoms with Crippen molar-refractivity contribution >= 4 is 22.6 Å². The normalized spacial score (nSPS) is 11.0. The molecule has 30 heavy (non-hydrogen) atoms. The van der Waals surface area contributed by atoms with Gasteiger partial charge in [0.25, 0.3) is 5.56 Å². The zero-order valence-corrected chi connectivity index (χ0v) is 16.4. The lowest BCUT2D eigenvalue weighted by Gasteiger charge is -2.08. The van der Waals surface area contributed by atoms with Gasteiger partial charge in [0.1, 0.15) is 11.2 Å². The molecule has 2 aromatic heterocycles. The number of fused-ring (bicyclic) bond motifs is 1. The summed E-state index contributed by atoms with van der Waals surface area (Å²) in [5, 5.41) is 7.36. The topological polar surface area (TPSA) is 81.8 Å². The van der Waals surface area contributed by atoms with Crippen molar-refractivity contribution in [2.45, 2.75) is 26.3 Å². The minimum absolute atomic E-state index is 0.134. The lowest BCUT2D eigenvalue weighted by Crippen LogP contribution is -2.23. The Bertz CT molecular complexity index is 1240. The van der Waals surface area contributed by atoms with Crippen molar-refractivity contribution in [3.05, 3.63) is 82.8 Å². The molecule has 0 bridgehead atoms. The van der Waals surface area contributed by atoms with Crippen molar-refractivity contribution < 1.29 is 9.18 Å². The molecule has 0 atom stereocenters. The first-order valence-electron chi connectivity index (χ1n) is 9.63. The maximum atomic E-state index is 13.1. The fourth-order valence-electron chi connectivity index (χ4n) is 3.15. The molecule has 8 heteroatoms. The monoisotopic (exact) mass is 405 g/mol. The second-order valence-corrected chi connectivity index (χ2v) is 6.86. The molecule has 1 N–H and O–H groups in total. The van der Waals surface area contributed by atoms with Gasteiger partial charge in [0.2, 0.25) is 5.91 Å². The van der Waals surface area contributed by atoms with Gasteiger partial charge in [-0.05, 0) is 48.4 Å². The van der Waals surface area contributed by atoms with Crippen molar-refractivity contribution in [1.82, 2.24) is 19.3 Å². The van der Waals surface area contributed by atoms with Crippen LogP contribution in [0.1, 0.15) is 18.9 Å². The van der Waals surface area contributed by atoms with Gasteiger partial charge < -0.3 is 5.32 Å². The SMILES string of the molecule is CCc1ccc(NC(=O)CCn2cnc3c(cnn3-c3ccc(F)cc3)c2=O)cc1. The minimum atomic E-state index is -0.356. The lowest BCUT2D eigenvalue weighted by atomic mass is 10.1. The molecule has 0 aliphatic heterocycles. The summed E-state index contributed by atoms with van der Waals surface area (Å²) in [6.45, 7) is 2.27. The first-order chi connectivity index (χ1) is 14.5. The molecule has 0 radical (unpaired) electrons. The van der Waals surface area contributed by atoms with E-state index >= 15 is 0 Å². The van der Waals surface area contributed by atoms with Gasteiger partial charge in [-0.25, -0.2) is 14.1 Å². The highest BCUT2D eigenvalue weighted by molar-refractivity contribution is 5.90. The summed E-state index contributed by atoms with van der Waals surface area (Å²) < 4.78 is 16.0. The summed E-state index contributed by atoms with van der Waals surface area (Å²) in [6, 6.07) is 13.4. The number of halogens is 1. The first-order valence-corrected chi connectivity index (χ1v) is 9.63. The highest BCUT2D eigenvalue weighted by atomic mass is 19.1. The van der Waals surface area contributed by atoms with Crippen molar-refractivity contribution in [3.63, 3.8) is 0 Å². The summed E-state index contributed by atoms with van der Waals surface area (Å²) in [6.07, 6.45) is 3.90. The Morgan fingerprint density at radius 1 is 1.10 bits per heavy atom. The van der Waals surface area contributed by atoms with Gasteiger partial charge in [-0.2, -0.15) is 5.10 Å². The number of anilines is 1. The van der Waals surface area contributed by atoms with Crippen LogP contribution < -0.4 is 10.9 Å². The van der Waals surface area contributed by atoms with Gasteiger partial charge >= 0.3 is 0 Å². The molecule has 2 heterocycles. The van der Waals surface area contributed by atoms with E-state index < -0.39 is 0 Å². The van der Waals surface area contributed by atoms with Crippen LogP contribution in [0.3, 0.4) is 0 Å². The summed E-state index contributed by atoms with van der Waals surface area (Å²) >= 11 is 0. The van der Waals surface area contributed by atoms with E-state index in [1.54, 1.807) is 12.1 Å². The largest absolute Gasteiger partial charge is 0.326 e. The van der Waals surface area contributed by atoms with E-state index in [0.717, 1.165) is 12.1 Å². The second kappa shape index (κ2) is 8.28. The van der Waals surface area contributed by atoms with Crippen LogP contribution in [-0.4, -0.2) is 25.2 Å². The summed E-state index contributed by atoms with van der Waals surface area (Å²) in [5.74, 6) is -0.543. The number of benzene rings is 2. The molecule has 0 saturated carbocycles. The third kappa shape index (κ3) is 3.98. The molecular weight excluding hydrogens is 385 g/mol. The third-order valence-corrected chi connectivity index (χ3v) is 4.85. The quantitative estimate of drug-likeness (QED) is 0.534. The molecule has 0 spiro atoms. The maximum Gasteiger partial charge on any atom is 0.264 e. The van der Waals surface area contributed by atoms with Crippen LogP contribution in [0.2, 0.25) is 0 Å². The Morgan fingerprint density at radius 2 is 1.83 bits per heavy atom. The fraction of sp³-hybridized carbons (Fsp3) is 0.182. The van der Waals surface area contributed by atoms with Crippen molar-refractivity contribution in [1.29, 1.82) is 0 Å². The lowest BCUT2D eigenvalue weighted by molar-refractivity contribution is -0.116. The van der Waals surface area contributed by atoms with Gasteiger partial charge in [-0.1, -0.05) is 19.1 Å². The molecule has 4 rings (SSSR count). The number of hydrogen-bond acceptors (Lipinski definition) is 4. The standard InChI is InChI=1S/C22H20FN5O2/c1-2-15-3-7-17(8-4-15)26-20(29)11-12-27-14-24-21-19(22(27)30)13-25-28(21)18-9-5-16(23)6-10-18/h3-10,13-14H,2,11-12H2,1H3,(H,26,29). The van der Waals surface area contributed by atoms with Crippen molar-refractivity contribution in [2.75, 3.05) is 5.32 Å². The van der Waals surface area contributed by atoms with E-state index in [1.165, 1.54) is 39.5 Å². The number of nitrogens with zero attached hydrogens (tertiary/aromatic N) is 4. The summed E-state index contributed by atoms with van der Waals surface area (Å²) in [4.78, 5) is 29.3. The Hall–Kier alpha value is -3.81. The first kappa shape index (κ1) is 19.5. The number of carbonyl (C=O) groups excluding carboxylic acids is 1. The van der Waals surface area contributed by atoms with Crippen molar-refractivity contribution in [3.8, 4) is 5.69 Å². The van der Waals surface area contributed by atoms with Crippen LogP contribution >= 0.6 is 0 Å². The minimum Gasteiger partial charge on any atom is -0.326 e. The van der Waals surface area contributed by atoms with Crippen LogP contribution in [0.4, 0.5) is 10.1 Å². The summed E-state index contributed by atoms with van der Waals surface area (Å²) in [5.41, 5.74) is 2.61. The van der Waals surface area contributed by atoms with Gasteiger partial charge in [-0.3, -0.25) is 14.2 Å². The smallest absolute Gasteiger partial charge is 0.264 e. The van der Waals surface area contributed by atoms with Gasteiger partial charge in [-0.15, -0.1) is 0 Å². The zero-order valence-electron chi connectivity index (χ0n) is 16.4. The Balaban J connectivity index is 1.48. The number of carbonyl (C=O) groups is 1. The van der Waals surface area contributed by atoms with Crippen LogP contribution in [0, 0.1) is 5.82 Å². The second-order valence-electron chi connectivity index (χ2n) is 6.86. The average Bonchev–Trinajstić information content (AvgIpc) is 3.19. The van der Waals surface area contributed by atoms with Crippen molar-refractivity contribution in [2.24, 2.45) is 0 Å². The number of hydrogen-bond donors (Lipinski definition) is 1. The molecule has 0 aliphatic rings. The van der Waals surface area contributed by atoms with Crippen LogP contribution in [0.15, 0.2) is 65.8 Å². The van der Waals surface area contributed by atoms with E-state index in [2.05, 4.69) is 22.3 Å². The van der Waals surface area contributed by atoms with Gasteiger partial charge in [0.15, 0.2) is 5.65 Å². The molecule has 4 aromatic rings. The number of nitrogens with one attached hydrogen (secondary N) is 1. The van der Waals surface area contributed by atoms with E-state index in [1.807, 2.05) is 24.3 Å². The van der Waals surface area contributed by atoms with Crippen LogP contribution in [0.25, 0.3) is 16.7 Å². The highest BCUT2D eigenvalue weighted by Gasteiger charge is 2.12.